The van der Waals surface area contributed by atoms with Crippen molar-refractivity contribution in [2.45, 2.75) is 51.7 Å². The zero-order chi connectivity index (χ0) is 19.3. The van der Waals surface area contributed by atoms with Crippen LogP contribution in [0.1, 0.15) is 43.6 Å². The van der Waals surface area contributed by atoms with Gasteiger partial charge in [0.25, 0.3) is 5.91 Å². The second-order valence-electron chi connectivity index (χ2n) is 8.05. The first kappa shape index (κ1) is 17.8. The number of hydrogen-bond acceptors (Lipinski definition) is 7. The second kappa shape index (κ2) is 6.66. The number of likely N-dealkylation sites (tertiary alicyclic amines) is 1. The molecule has 1 amide bonds. The Hall–Kier alpha value is -2.26. The highest BCUT2D eigenvalue weighted by Gasteiger charge is 2.31. The molecule has 1 fully saturated rings. The molecule has 0 atom stereocenters. The van der Waals surface area contributed by atoms with E-state index in [4.69, 9.17) is 9.47 Å². The molecule has 9 heteroatoms. The summed E-state index contributed by atoms with van der Waals surface area (Å²) in [6, 6.07) is 0.214. The van der Waals surface area contributed by atoms with Crippen molar-refractivity contribution < 1.29 is 14.3 Å². The van der Waals surface area contributed by atoms with Crippen molar-refractivity contribution in [2.24, 2.45) is 0 Å². The zero-order valence-corrected chi connectivity index (χ0v) is 16.9. The van der Waals surface area contributed by atoms with Gasteiger partial charge >= 0.3 is 6.01 Å². The van der Waals surface area contributed by atoms with Gasteiger partial charge in [-0.1, -0.05) is 0 Å². The van der Waals surface area contributed by atoms with Crippen molar-refractivity contribution in [3.8, 4) is 6.01 Å². The number of rotatable bonds is 3. The molecule has 5 rings (SSSR count). The third-order valence-corrected chi connectivity index (χ3v) is 6.54. The lowest BCUT2D eigenvalue weighted by molar-refractivity contribution is -0.134. The minimum absolute atomic E-state index is 0.00589. The normalized spacial score (nSPS) is 19.1. The molecule has 0 unspecified atom stereocenters. The van der Waals surface area contributed by atoms with E-state index in [0.29, 0.717) is 6.61 Å². The first-order chi connectivity index (χ1) is 13.5. The Morgan fingerprint density at radius 1 is 1.32 bits per heavy atom. The highest BCUT2D eigenvalue weighted by molar-refractivity contribution is 7.19. The zero-order valence-electron chi connectivity index (χ0n) is 16.1. The van der Waals surface area contributed by atoms with Gasteiger partial charge < -0.3 is 14.4 Å². The number of carbonyl (C=O) groups is 1. The molecule has 3 aromatic heterocycles. The van der Waals surface area contributed by atoms with Crippen molar-refractivity contribution in [3.63, 3.8) is 0 Å². The summed E-state index contributed by atoms with van der Waals surface area (Å²) in [5.74, 6) is -0.00589. The first-order valence-electron chi connectivity index (χ1n) is 9.70. The Morgan fingerprint density at radius 2 is 2.14 bits per heavy atom. The van der Waals surface area contributed by atoms with Crippen molar-refractivity contribution in [3.05, 3.63) is 16.8 Å². The fourth-order valence-corrected chi connectivity index (χ4v) is 5.01. The lowest BCUT2D eigenvalue weighted by Crippen LogP contribution is -2.38. The van der Waals surface area contributed by atoms with E-state index in [9.17, 15) is 4.79 Å². The highest BCUT2D eigenvalue weighted by Crippen LogP contribution is 2.39. The number of piperidine rings is 1. The van der Waals surface area contributed by atoms with Crippen LogP contribution in [0.2, 0.25) is 0 Å². The van der Waals surface area contributed by atoms with Gasteiger partial charge in [0, 0.05) is 24.4 Å². The summed E-state index contributed by atoms with van der Waals surface area (Å²) in [5, 5.41) is 5.39. The van der Waals surface area contributed by atoms with Crippen LogP contribution in [-0.4, -0.2) is 55.7 Å². The molecule has 5 heterocycles. The number of ether oxygens (including phenoxy) is 2. The molecule has 0 aliphatic carbocycles. The lowest BCUT2D eigenvalue weighted by atomic mass is 9.94. The average molecular weight is 401 g/mol. The Kier molecular flexibility index (Phi) is 4.24. The van der Waals surface area contributed by atoms with Crippen LogP contribution in [0.15, 0.2) is 6.33 Å². The molecule has 28 heavy (non-hydrogen) atoms. The van der Waals surface area contributed by atoms with Crippen molar-refractivity contribution in [1.29, 1.82) is 0 Å². The van der Waals surface area contributed by atoms with Crippen molar-refractivity contribution in [2.75, 3.05) is 19.7 Å². The number of hydrogen-bond donors (Lipinski definition) is 0. The topological polar surface area (TPSA) is 81.9 Å². The molecular formula is C19H23N5O3S. The SMILES string of the molecule is CC1(C)Cc2c(sc3ncn4nc(OCC(=O)N5CCCCC5)nc4c23)CO1. The third-order valence-electron chi connectivity index (χ3n) is 5.42. The molecule has 0 spiro atoms. The highest BCUT2D eigenvalue weighted by atomic mass is 32.1. The maximum Gasteiger partial charge on any atom is 0.336 e. The number of amides is 1. The van der Waals surface area contributed by atoms with Crippen LogP contribution in [0, 0.1) is 0 Å². The van der Waals surface area contributed by atoms with Crippen molar-refractivity contribution in [1.82, 2.24) is 24.5 Å². The van der Waals surface area contributed by atoms with E-state index in [1.807, 2.05) is 4.90 Å². The molecule has 0 radical (unpaired) electrons. The van der Waals surface area contributed by atoms with E-state index in [2.05, 4.69) is 28.9 Å². The molecule has 8 nitrogen and oxygen atoms in total. The van der Waals surface area contributed by atoms with Crippen LogP contribution >= 0.6 is 11.3 Å². The van der Waals surface area contributed by atoms with Crippen molar-refractivity contribution >= 4 is 33.1 Å². The number of thiophene rings is 1. The number of carbonyl (C=O) groups excluding carboxylic acids is 1. The van der Waals surface area contributed by atoms with Gasteiger partial charge in [-0.2, -0.15) is 9.50 Å². The Morgan fingerprint density at radius 3 is 2.96 bits per heavy atom. The van der Waals surface area contributed by atoms with Gasteiger partial charge in [0.1, 0.15) is 11.2 Å². The quantitative estimate of drug-likeness (QED) is 0.671. The molecule has 3 aromatic rings. The number of aromatic nitrogens is 4. The number of fused-ring (bicyclic) bond motifs is 5. The predicted molar refractivity (Wildman–Crippen MR) is 105 cm³/mol. The summed E-state index contributed by atoms with van der Waals surface area (Å²) in [7, 11) is 0. The second-order valence-corrected chi connectivity index (χ2v) is 9.13. The standard InChI is InChI=1S/C19H23N5O3S/c1-19(2)8-12-13(9-27-19)28-17-15(12)16-21-18(22-24(16)11-20-17)26-10-14(25)23-6-4-3-5-7-23/h11H,3-10H2,1-2H3. The summed E-state index contributed by atoms with van der Waals surface area (Å²) >= 11 is 1.64. The smallest absolute Gasteiger partial charge is 0.336 e. The van der Waals surface area contributed by atoms with Gasteiger partial charge in [-0.15, -0.1) is 16.4 Å². The molecule has 1 saturated heterocycles. The maximum atomic E-state index is 12.3. The van der Waals surface area contributed by atoms with Crippen LogP contribution in [0.4, 0.5) is 0 Å². The molecule has 0 bridgehead atoms. The van der Waals surface area contributed by atoms with E-state index >= 15 is 0 Å². The fraction of sp³-hybridized carbons (Fsp3) is 0.579. The van der Waals surface area contributed by atoms with Crippen LogP contribution < -0.4 is 4.74 Å². The van der Waals surface area contributed by atoms with E-state index in [1.165, 1.54) is 16.9 Å². The molecular weight excluding hydrogens is 378 g/mol. The predicted octanol–water partition coefficient (Wildman–Crippen LogP) is 2.58. The van der Waals surface area contributed by atoms with Gasteiger partial charge in [-0.3, -0.25) is 4.79 Å². The van der Waals surface area contributed by atoms with E-state index in [-0.39, 0.29) is 24.1 Å². The van der Waals surface area contributed by atoms with Gasteiger partial charge in [0.2, 0.25) is 0 Å². The van der Waals surface area contributed by atoms with Gasteiger partial charge in [0.05, 0.1) is 17.6 Å². The minimum Gasteiger partial charge on any atom is -0.452 e. The number of nitrogens with zero attached hydrogens (tertiary/aromatic N) is 5. The van der Waals surface area contributed by atoms with Crippen LogP contribution in [0.5, 0.6) is 6.01 Å². The Bertz CT molecular complexity index is 1050. The first-order valence-corrected chi connectivity index (χ1v) is 10.5. The summed E-state index contributed by atoms with van der Waals surface area (Å²) in [4.78, 5) is 25.4. The summed E-state index contributed by atoms with van der Waals surface area (Å²) in [5.41, 5.74) is 1.74. The average Bonchev–Trinajstić information content (AvgIpc) is 3.26. The molecule has 0 saturated carbocycles. The summed E-state index contributed by atoms with van der Waals surface area (Å²) < 4.78 is 13.2. The minimum atomic E-state index is -0.214. The maximum absolute atomic E-state index is 12.3. The fourth-order valence-electron chi connectivity index (χ4n) is 3.94. The van der Waals surface area contributed by atoms with E-state index in [0.717, 1.165) is 48.2 Å². The van der Waals surface area contributed by atoms with Gasteiger partial charge in [0.15, 0.2) is 12.3 Å². The summed E-state index contributed by atoms with van der Waals surface area (Å²) in [6.45, 7) is 6.37. The van der Waals surface area contributed by atoms with E-state index in [1.54, 1.807) is 22.2 Å². The van der Waals surface area contributed by atoms with Gasteiger partial charge in [-0.05, 0) is 38.7 Å². The van der Waals surface area contributed by atoms with E-state index < -0.39 is 0 Å². The van der Waals surface area contributed by atoms with Gasteiger partial charge in [-0.25, -0.2) is 4.98 Å². The molecule has 0 aromatic carbocycles. The van der Waals surface area contributed by atoms with Crippen LogP contribution in [-0.2, 0) is 22.6 Å². The molecule has 148 valence electrons. The third kappa shape index (κ3) is 3.12. The summed E-state index contributed by atoms with van der Waals surface area (Å²) in [6.07, 6.45) is 5.77. The largest absolute Gasteiger partial charge is 0.452 e. The molecule has 0 N–H and O–H groups in total. The van der Waals surface area contributed by atoms with Crippen LogP contribution in [0.25, 0.3) is 15.9 Å². The molecule has 2 aliphatic rings. The van der Waals surface area contributed by atoms with Crippen LogP contribution in [0.3, 0.4) is 0 Å². The molecule has 2 aliphatic heterocycles. The lowest BCUT2D eigenvalue weighted by Gasteiger charge is -2.30. The monoisotopic (exact) mass is 401 g/mol. The Balaban J connectivity index is 1.43. The Labute approximate surface area is 166 Å².